The Hall–Kier alpha value is -0.940. The minimum atomic E-state index is -0.544. The number of hydrogen-bond donors (Lipinski definition) is 1. The van der Waals surface area contributed by atoms with Gasteiger partial charge in [0, 0.05) is 12.1 Å². The second-order valence-electron chi connectivity index (χ2n) is 5.63. The van der Waals surface area contributed by atoms with Gasteiger partial charge in [0.25, 0.3) is 0 Å². The van der Waals surface area contributed by atoms with E-state index in [1.165, 1.54) is 12.8 Å². The molecular weight excluding hydrogens is 228 g/mol. The molecule has 1 atom stereocenters. The van der Waals surface area contributed by atoms with Crippen LogP contribution in [0.25, 0.3) is 0 Å². The Morgan fingerprint density at radius 3 is 2.67 bits per heavy atom. The third-order valence-electron chi connectivity index (χ3n) is 3.95. The molecule has 18 heavy (non-hydrogen) atoms. The number of aliphatic hydroxyl groups is 1. The van der Waals surface area contributed by atoms with E-state index >= 15 is 0 Å². The lowest BCUT2D eigenvalue weighted by molar-refractivity contribution is -0.00388. The van der Waals surface area contributed by atoms with Gasteiger partial charge in [-0.1, -0.05) is 12.1 Å². The molecule has 102 valence electrons. The number of aryl methyl sites for hydroxylation is 1. The summed E-state index contributed by atoms with van der Waals surface area (Å²) in [7, 11) is 0. The summed E-state index contributed by atoms with van der Waals surface area (Å²) in [5, 5.41) is 18.7. The predicted molar refractivity (Wildman–Crippen MR) is 70.2 cm³/mol. The van der Waals surface area contributed by atoms with E-state index < -0.39 is 6.10 Å². The molecule has 0 amide bonds. The largest absolute Gasteiger partial charge is 0.385 e. The molecule has 1 unspecified atom stereocenters. The molecule has 1 aromatic rings. The first kappa shape index (κ1) is 13.5. The van der Waals surface area contributed by atoms with Crippen LogP contribution in [0, 0.1) is 0 Å². The lowest BCUT2D eigenvalue weighted by Gasteiger charge is -2.39. The van der Waals surface area contributed by atoms with Crippen LogP contribution >= 0.6 is 0 Å². The van der Waals surface area contributed by atoms with Crippen LogP contribution < -0.4 is 0 Å². The topological polar surface area (TPSA) is 54.2 Å². The number of rotatable bonds is 5. The number of hydrogen-bond acceptors (Lipinski definition) is 4. The molecule has 0 aliphatic carbocycles. The molecule has 2 heterocycles. The second kappa shape index (κ2) is 5.36. The first-order valence-corrected chi connectivity index (χ1v) is 6.89. The first-order chi connectivity index (χ1) is 8.57. The van der Waals surface area contributed by atoms with E-state index in [-0.39, 0.29) is 5.54 Å². The van der Waals surface area contributed by atoms with E-state index in [0.29, 0.717) is 0 Å². The molecular formula is C13H24N4O. The van der Waals surface area contributed by atoms with Crippen LogP contribution in [0.3, 0.4) is 0 Å². The van der Waals surface area contributed by atoms with Crippen LogP contribution in [0.2, 0.25) is 0 Å². The van der Waals surface area contributed by atoms with Crippen molar-refractivity contribution in [3.05, 3.63) is 11.9 Å². The summed E-state index contributed by atoms with van der Waals surface area (Å²) < 4.78 is 1.82. The summed E-state index contributed by atoms with van der Waals surface area (Å²) >= 11 is 0. The summed E-state index contributed by atoms with van der Waals surface area (Å²) in [5.74, 6) is 0. The molecule has 1 fully saturated rings. The van der Waals surface area contributed by atoms with E-state index in [2.05, 4.69) is 36.0 Å². The molecule has 1 aliphatic heterocycles. The summed E-state index contributed by atoms with van der Waals surface area (Å²) in [6.07, 6.45) is 4.59. The molecule has 1 saturated heterocycles. The Morgan fingerprint density at radius 1 is 1.39 bits per heavy atom. The maximum Gasteiger partial charge on any atom is 0.115 e. The Bertz CT molecular complexity index is 382. The van der Waals surface area contributed by atoms with Crippen molar-refractivity contribution in [3.63, 3.8) is 0 Å². The summed E-state index contributed by atoms with van der Waals surface area (Å²) in [4.78, 5) is 2.36. The molecule has 1 aromatic heterocycles. The third kappa shape index (κ3) is 2.42. The predicted octanol–water partition coefficient (Wildman–Crippen LogP) is 1.60. The van der Waals surface area contributed by atoms with Crippen molar-refractivity contribution >= 4 is 0 Å². The fourth-order valence-corrected chi connectivity index (χ4v) is 2.69. The van der Waals surface area contributed by atoms with Gasteiger partial charge in [0.2, 0.25) is 0 Å². The highest BCUT2D eigenvalue weighted by Gasteiger charge is 2.38. The van der Waals surface area contributed by atoms with Crippen LogP contribution in [0.5, 0.6) is 0 Å². The lowest BCUT2D eigenvalue weighted by atomic mass is 9.93. The van der Waals surface area contributed by atoms with Gasteiger partial charge in [0.05, 0.1) is 11.9 Å². The highest BCUT2D eigenvalue weighted by Crippen LogP contribution is 2.33. The summed E-state index contributed by atoms with van der Waals surface area (Å²) in [6.45, 7) is 9.25. The molecule has 0 saturated carbocycles. The van der Waals surface area contributed by atoms with Crippen LogP contribution in [-0.4, -0.2) is 43.6 Å². The number of likely N-dealkylation sites (tertiary alicyclic amines) is 1. The van der Waals surface area contributed by atoms with Crippen molar-refractivity contribution in [2.75, 3.05) is 13.1 Å². The van der Waals surface area contributed by atoms with Crippen molar-refractivity contribution in [3.8, 4) is 0 Å². The van der Waals surface area contributed by atoms with Gasteiger partial charge in [-0.2, -0.15) is 0 Å². The minimum absolute atomic E-state index is 0.260. The molecule has 5 heteroatoms. The zero-order valence-corrected chi connectivity index (χ0v) is 11.6. The van der Waals surface area contributed by atoms with Crippen molar-refractivity contribution in [2.24, 2.45) is 0 Å². The Kier molecular flexibility index (Phi) is 4.02. The van der Waals surface area contributed by atoms with E-state index in [1.807, 2.05) is 4.68 Å². The Balaban J connectivity index is 2.18. The van der Waals surface area contributed by atoms with Crippen LogP contribution in [0.15, 0.2) is 6.20 Å². The number of aliphatic hydroxyl groups excluding tert-OH is 1. The van der Waals surface area contributed by atoms with Gasteiger partial charge in [-0.3, -0.25) is 4.90 Å². The zero-order chi connectivity index (χ0) is 13.2. The number of nitrogens with zero attached hydrogens (tertiary/aromatic N) is 4. The average Bonchev–Trinajstić information content (AvgIpc) is 2.99. The van der Waals surface area contributed by atoms with E-state index in [1.54, 1.807) is 6.20 Å². The lowest BCUT2D eigenvalue weighted by Crippen LogP contribution is -2.47. The fraction of sp³-hybridized carbons (Fsp3) is 0.846. The second-order valence-corrected chi connectivity index (χ2v) is 5.63. The third-order valence-corrected chi connectivity index (χ3v) is 3.95. The van der Waals surface area contributed by atoms with Gasteiger partial charge < -0.3 is 5.11 Å². The number of aromatic nitrogens is 3. The smallest absolute Gasteiger partial charge is 0.115 e. The molecule has 0 aromatic carbocycles. The molecule has 1 aliphatic rings. The van der Waals surface area contributed by atoms with E-state index in [9.17, 15) is 5.11 Å². The van der Waals surface area contributed by atoms with Gasteiger partial charge in [-0.25, -0.2) is 4.68 Å². The average molecular weight is 252 g/mol. The summed E-state index contributed by atoms with van der Waals surface area (Å²) in [5.41, 5.74) is 0.567. The summed E-state index contributed by atoms with van der Waals surface area (Å²) in [6, 6.07) is 0. The molecule has 2 rings (SSSR count). The molecule has 0 bridgehead atoms. The molecule has 0 radical (unpaired) electrons. The molecule has 0 spiro atoms. The maximum atomic E-state index is 10.7. The van der Waals surface area contributed by atoms with Gasteiger partial charge in [0.15, 0.2) is 0 Å². The maximum absolute atomic E-state index is 10.7. The normalized spacial score (nSPS) is 19.3. The quantitative estimate of drug-likeness (QED) is 0.864. The standard InChI is InChI=1S/C13H24N4O/c1-4-7-17-11(10-14-15-17)12(18)13(2,3)16-8-5-6-9-16/h10,12,18H,4-9H2,1-3H3. The SMILES string of the molecule is CCCn1nncc1C(O)C(C)(C)N1CCCC1. The van der Waals surface area contributed by atoms with Gasteiger partial charge in [-0.15, -0.1) is 5.10 Å². The van der Waals surface area contributed by atoms with Crippen LogP contribution in [0.4, 0.5) is 0 Å². The van der Waals surface area contributed by atoms with Crippen LogP contribution in [0.1, 0.15) is 51.8 Å². The van der Waals surface area contributed by atoms with E-state index in [4.69, 9.17) is 0 Å². The molecule has 5 nitrogen and oxygen atoms in total. The van der Waals surface area contributed by atoms with Crippen molar-refractivity contribution < 1.29 is 5.11 Å². The van der Waals surface area contributed by atoms with Gasteiger partial charge in [-0.05, 0) is 46.2 Å². The Morgan fingerprint density at radius 2 is 2.06 bits per heavy atom. The minimum Gasteiger partial charge on any atom is -0.385 e. The van der Waals surface area contributed by atoms with Crippen molar-refractivity contribution in [1.82, 2.24) is 19.9 Å². The highest BCUT2D eigenvalue weighted by atomic mass is 16.3. The van der Waals surface area contributed by atoms with Crippen molar-refractivity contribution in [1.29, 1.82) is 0 Å². The van der Waals surface area contributed by atoms with E-state index in [0.717, 1.165) is 31.7 Å². The first-order valence-electron chi connectivity index (χ1n) is 6.89. The van der Waals surface area contributed by atoms with Gasteiger partial charge in [0.1, 0.15) is 6.10 Å². The zero-order valence-electron chi connectivity index (χ0n) is 11.6. The van der Waals surface area contributed by atoms with Crippen LogP contribution in [-0.2, 0) is 6.54 Å². The Labute approximate surface area is 109 Å². The molecule has 1 N–H and O–H groups in total. The highest BCUT2D eigenvalue weighted by molar-refractivity contribution is 5.08. The van der Waals surface area contributed by atoms with Crippen molar-refractivity contribution in [2.45, 2.75) is 58.2 Å². The fourth-order valence-electron chi connectivity index (χ4n) is 2.69. The monoisotopic (exact) mass is 252 g/mol. The van der Waals surface area contributed by atoms with Gasteiger partial charge >= 0.3 is 0 Å².